The van der Waals surface area contributed by atoms with Crippen LogP contribution in [-0.4, -0.2) is 24.5 Å². The van der Waals surface area contributed by atoms with Gasteiger partial charge in [-0.15, -0.1) is 11.3 Å². The van der Waals surface area contributed by atoms with Crippen LogP contribution < -0.4 is 4.72 Å². The van der Waals surface area contributed by atoms with Crippen LogP contribution in [0.15, 0.2) is 26.5 Å². The summed E-state index contributed by atoms with van der Waals surface area (Å²) in [5, 5.41) is 0.398. The van der Waals surface area contributed by atoms with E-state index in [9.17, 15) is 8.42 Å². The van der Waals surface area contributed by atoms with E-state index in [1.807, 2.05) is 17.8 Å². The lowest BCUT2D eigenvalue weighted by Crippen LogP contribution is -2.25. The van der Waals surface area contributed by atoms with E-state index in [2.05, 4.69) is 25.6 Å². The monoisotopic (exact) mass is 383 g/mol. The predicted molar refractivity (Wildman–Crippen MR) is 79.1 cm³/mol. The second-order valence-electron chi connectivity index (χ2n) is 3.79. The van der Waals surface area contributed by atoms with Crippen molar-refractivity contribution in [1.82, 2.24) is 14.3 Å². The second kappa shape index (κ2) is 5.92. The van der Waals surface area contributed by atoms with Crippen LogP contribution in [0.25, 0.3) is 0 Å². The summed E-state index contributed by atoms with van der Waals surface area (Å²) in [5.41, 5.74) is 0. The topological polar surface area (TPSA) is 64.0 Å². The number of aromatic nitrogens is 2. The van der Waals surface area contributed by atoms with Crippen molar-refractivity contribution in [2.75, 3.05) is 6.54 Å². The van der Waals surface area contributed by atoms with Crippen molar-refractivity contribution < 1.29 is 8.42 Å². The fourth-order valence-corrected chi connectivity index (χ4v) is 4.94. The van der Waals surface area contributed by atoms with Gasteiger partial charge in [0.2, 0.25) is 10.0 Å². The Labute approximate surface area is 128 Å². The lowest BCUT2D eigenvalue weighted by Gasteiger charge is -2.04. The summed E-state index contributed by atoms with van der Waals surface area (Å²) in [6.07, 6.45) is 4.03. The Hall–Kier alpha value is -0.410. The molecule has 19 heavy (non-hydrogen) atoms. The number of sulfonamides is 1. The molecule has 0 spiro atoms. The van der Waals surface area contributed by atoms with E-state index in [0.29, 0.717) is 21.8 Å². The molecule has 104 valence electrons. The lowest BCUT2D eigenvalue weighted by atomic mass is 10.4. The van der Waals surface area contributed by atoms with E-state index < -0.39 is 10.0 Å². The molecule has 0 aliphatic carbocycles. The minimum absolute atomic E-state index is 0.198. The minimum atomic E-state index is -3.51. The van der Waals surface area contributed by atoms with Crippen molar-refractivity contribution in [3.05, 3.63) is 33.1 Å². The molecule has 0 bridgehead atoms. The molecule has 0 fully saturated rings. The Morgan fingerprint density at radius 3 is 2.84 bits per heavy atom. The Morgan fingerprint density at radius 1 is 1.58 bits per heavy atom. The summed E-state index contributed by atoms with van der Waals surface area (Å²) < 4.78 is 29.2. The van der Waals surface area contributed by atoms with E-state index in [-0.39, 0.29) is 4.21 Å². The molecule has 0 saturated carbocycles. The molecule has 0 aliphatic heterocycles. The molecule has 0 unspecified atom stereocenters. The highest BCUT2D eigenvalue weighted by molar-refractivity contribution is 9.11. The fraction of sp³-hybridized carbons (Fsp3) is 0.300. The van der Waals surface area contributed by atoms with Gasteiger partial charge in [0.1, 0.15) is 10.0 Å². The highest BCUT2D eigenvalue weighted by Gasteiger charge is 2.18. The van der Waals surface area contributed by atoms with Crippen molar-refractivity contribution in [2.45, 2.75) is 10.6 Å². The highest BCUT2D eigenvalue weighted by atomic mass is 79.9. The molecule has 0 aromatic carbocycles. The van der Waals surface area contributed by atoms with Gasteiger partial charge in [0.05, 0.1) is 8.81 Å². The van der Waals surface area contributed by atoms with Crippen LogP contribution >= 0.6 is 38.9 Å². The zero-order valence-corrected chi connectivity index (χ0v) is 13.9. The number of nitrogens with zero attached hydrogens (tertiary/aromatic N) is 2. The first kappa shape index (κ1) is 15.0. The molecule has 2 aromatic rings. The maximum atomic E-state index is 12.0. The normalized spacial score (nSPS) is 11.9. The van der Waals surface area contributed by atoms with Gasteiger partial charge in [-0.25, -0.2) is 18.1 Å². The van der Waals surface area contributed by atoms with Crippen molar-refractivity contribution in [2.24, 2.45) is 7.05 Å². The van der Waals surface area contributed by atoms with Crippen molar-refractivity contribution >= 4 is 48.9 Å². The fourth-order valence-electron chi connectivity index (χ4n) is 1.46. The molecule has 9 heteroatoms. The number of thiophene rings is 1. The lowest BCUT2D eigenvalue weighted by molar-refractivity contribution is 0.582. The number of aryl methyl sites for hydroxylation is 1. The molecule has 0 amide bonds. The molecular weight excluding hydrogens is 374 g/mol. The largest absolute Gasteiger partial charge is 0.338 e. The van der Waals surface area contributed by atoms with Crippen LogP contribution in [0.1, 0.15) is 5.82 Å². The zero-order valence-electron chi connectivity index (χ0n) is 9.93. The van der Waals surface area contributed by atoms with Crippen LogP contribution in [0.3, 0.4) is 0 Å². The number of nitrogens with one attached hydrogen (secondary N) is 1. The van der Waals surface area contributed by atoms with Gasteiger partial charge in [-0.2, -0.15) is 0 Å². The molecule has 5 nitrogen and oxygen atoms in total. The number of imidazole rings is 1. The first-order chi connectivity index (χ1) is 8.90. The third-order valence-electron chi connectivity index (χ3n) is 2.45. The van der Waals surface area contributed by atoms with Crippen LogP contribution in [-0.2, 0) is 23.5 Å². The summed E-state index contributed by atoms with van der Waals surface area (Å²) in [7, 11) is -1.64. The van der Waals surface area contributed by atoms with E-state index in [4.69, 9.17) is 11.6 Å². The van der Waals surface area contributed by atoms with Gasteiger partial charge < -0.3 is 4.57 Å². The third-order valence-corrected chi connectivity index (χ3v) is 6.86. The van der Waals surface area contributed by atoms with Gasteiger partial charge in [0.15, 0.2) is 0 Å². The quantitative estimate of drug-likeness (QED) is 0.861. The van der Waals surface area contributed by atoms with Gasteiger partial charge >= 0.3 is 0 Å². The van der Waals surface area contributed by atoms with E-state index in [0.717, 1.165) is 17.2 Å². The second-order valence-corrected chi connectivity index (χ2v) is 8.56. The average molecular weight is 385 g/mol. The van der Waals surface area contributed by atoms with Crippen molar-refractivity contribution in [3.8, 4) is 0 Å². The van der Waals surface area contributed by atoms with Gasteiger partial charge in [0, 0.05) is 32.4 Å². The Morgan fingerprint density at radius 2 is 2.32 bits per heavy atom. The minimum Gasteiger partial charge on any atom is -0.338 e. The van der Waals surface area contributed by atoms with Gasteiger partial charge in [-0.1, -0.05) is 11.6 Å². The molecule has 2 aromatic heterocycles. The first-order valence-electron chi connectivity index (χ1n) is 5.31. The highest BCUT2D eigenvalue weighted by Crippen LogP contribution is 2.34. The molecule has 2 heterocycles. The smallest absolute Gasteiger partial charge is 0.250 e. The summed E-state index contributed by atoms with van der Waals surface area (Å²) >= 11 is 10.1. The molecule has 2 rings (SSSR count). The van der Waals surface area contributed by atoms with Gasteiger partial charge in [0.25, 0.3) is 0 Å². The number of hydrogen-bond donors (Lipinski definition) is 1. The van der Waals surface area contributed by atoms with E-state index in [1.165, 1.54) is 6.07 Å². The van der Waals surface area contributed by atoms with Gasteiger partial charge in [-0.3, -0.25) is 0 Å². The number of hydrogen-bond acceptors (Lipinski definition) is 4. The Bertz CT molecular complexity index is 661. The predicted octanol–water partition coefficient (Wildman–Crippen LogP) is 2.42. The van der Waals surface area contributed by atoms with Crippen LogP contribution in [0.4, 0.5) is 0 Å². The number of rotatable bonds is 5. The number of halogens is 2. The van der Waals surface area contributed by atoms with Crippen LogP contribution in [0.5, 0.6) is 0 Å². The van der Waals surface area contributed by atoms with Crippen LogP contribution in [0.2, 0.25) is 5.02 Å². The molecule has 0 saturated heterocycles. The van der Waals surface area contributed by atoms with Crippen molar-refractivity contribution in [3.63, 3.8) is 0 Å². The molecular formula is C10H11BrClN3O2S2. The van der Waals surface area contributed by atoms with E-state index >= 15 is 0 Å². The summed E-state index contributed by atoms with van der Waals surface area (Å²) in [5.74, 6) is 0.827. The SMILES string of the molecule is Cn1ccnc1CCNS(=O)(=O)c1cc(Cl)c(Br)s1. The Balaban J connectivity index is 2.00. The summed E-state index contributed by atoms with van der Waals surface area (Å²) in [6, 6.07) is 1.43. The summed E-state index contributed by atoms with van der Waals surface area (Å²) in [6.45, 7) is 0.292. The van der Waals surface area contributed by atoms with E-state index in [1.54, 1.807) is 6.20 Å². The maximum absolute atomic E-state index is 12.0. The summed E-state index contributed by atoms with van der Waals surface area (Å²) in [4.78, 5) is 4.13. The molecule has 0 atom stereocenters. The molecule has 0 aliphatic rings. The standard InChI is InChI=1S/C10H11BrClN3O2S2/c1-15-5-4-13-8(15)2-3-14-19(16,17)9-6-7(12)10(11)18-9/h4-6,14H,2-3H2,1H3. The third kappa shape index (κ3) is 3.57. The molecule has 0 radical (unpaired) electrons. The molecule has 1 N–H and O–H groups in total. The Kier molecular flexibility index (Phi) is 4.67. The average Bonchev–Trinajstić information content (AvgIpc) is 2.88. The maximum Gasteiger partial charge on any atom is 0.250 e. The van der Waals surface area contributed by atoms with Gasteiger partial charge in [-0.05, 0) is 22.0 Å². The van der Waals surface area contributed by atoms with Crippen LogP contribution in [0, 0.1) is 0 Å². The first-order valence-corrected chi connectivity index (χ1v) is 8.78. The van der Waals surface area contributed by atoms with Crippen molar-refractivity contribution in [1.29, 1.82) is 0 Å². The zero-order chi connectivity index (χ0) is 14.0.